The highest BCUT2D eigenvalue weighted by Crippen LogP contribution is 2.27. The maximum absolute atomic E-state index is 5.64. The highest BCUT2D eigenvalue weighted by molar-refractivity contribution is 5.46. The van der Waals surface area contributed by atoms with Crippen molar-refractivity contribution in [2.45, 2.75) is 45.6 Å². The molecule has 1 unspecified atom stereocenters. The van der Waals surface area contributed by atoms with Crippen LogP contribution in [0.25, 0.3) is 11.6 Å². The van der Waals surface area contributed by atoms with Gasteiger partial charge in [-0.05, 0) is 31.9 Å². The molecule has 0 amide bonds. The Labute approximate surface area is 119 Å². The molecule has 20 heavy (non-hydrogen) atoms. The Kier molecular flexibility index (Phi) is 3.87. The Morgan fingerprint density at radius 3 is 2.95 bits per heavy atom. The van der Waals surface area contributed by atoms with E-state index in [1.807, 2.05) is 23.7 Å². The SMILES string of the molecule is CCCCn1nc(-c2ccc(C)o2)nc1C1CCOC1. The molecule has 0 aromatic carbocycles. The third kappa shape index (κ3) is 2.63. The largest absolute Gasteiger partial charge is 0.458 e. The Morgan fingerprint density at radius 1 is 1.40 bits per heavy atom. The second kappa shape index (κ2) is 5.79. The van der Waals surface area contributed by atoms with Crippen molar-refractivity contribution in [2.24, 2.45) is 0 Å². The number of rotatable bonds is 5. The summed E-state index contributed by atoms with van der Waals surface area (Å²) in [7, 11) is 0. The van der Waals surface area contributed by atoms with Gasteiger partial charge < -0.3 is 9.15 Å². The first-order valence-corrected chi connectivity index (χ1v) is 7.37. The Bertz CT molecular complexity index is 567. The molecule has 0 spiro atoms. The van der Waals surface area contributed by atoms with Crippen LogP contribution in [-0.2, 0) is 11.3 Å². The first-order chi connectivity index (χ1) is 9.78. The lowest BCUT2D eigenvalue weighted by atomic mass is 10.1. The van der Waals surface area contributed by atoms with Crippen LogP contribution >= 0.6 is 0 Å². The van der Waals surface area contributed by atoms with Gasteiger partial charge in [0.05, 0.1) is 6.61 Å². The topological polar surface area (TPSA) is 53.1 Å². The van der Waals surface area contributed by atoms with Gasteiger partial charge in [0, 0.05) is 19.1 Å². The quantitative estimate of drug-likeness (QED) is 0.841. The van der Waals surface area contributed by atoms with Crippen molar-refractivity contribution in [1.29, 1.82) is 0 Å². The van der Waals surface area contributed by atoms with E-state index in [0.717, 1.165) is 56.4 Å². The molecule has 2 aromatic heterocycles. The first-order valence-electron chi connectivity index (χ1n) is 7.37. The van der Waals surface area contributed by atoms with Crippen LogP contribution in [0.15, 0.2) is 16.5 Å². The summed E-state index contributed by atoms with van der Waals surface area (Å²) in [5, 5.41) is 4.63. The molecular weight excluding hydrogens is 254 g/mol. The summed E-state index contributed by atoms with van der Waals surface area (Å²) < 4.78 is 13.2. The number of aryl methyl sites for hydroxylation is 2. The van der Waals surface area contributed by atoms with Gasteiger partial charge in [-0.25, -0.2) is 9.67 Å². The van der Waals surface area contributed by atoms with Crippen molar-refractivity contribution in [3.63, 3.8) is 0 Å². The number of unbranched alkanes of at least 4 members (excludes halogenated alkanes) is 1. The van der Waals surface area contributed by atoms with Crippen molar-refractivity contribution in [3.8, 4) is 11.6 Å². The lowest BCUT2D eigenvalue weighted by molar-refractivity contribution is 0.192. The molecule has 2 aromatic rings. The summed E-state index contributed by atoms with van der Waals surface area (Å²) in [5.74, 6) is 3.73. The number of aromatic nitrogens is 3. The molecule has 1 atom stereocenters. The fourth-order valence-corrected chi connectivity index (χ4v) is 2.53. The van der Waals surface area contributed by atoms with Crippen LogP contribution in [0.1, 0.15) is 43.7 Å². The minimum Gasteiger partial charge on any atom is -0.458 e. The Hall–Kier alpha value is -1.62. The number of hydrogen-bond donors (Lipinski definition) is 0. The van der Waals surface area contributed by atoms with Gasteiger partial charge >= 0.3 is 0 Å². The van der Waals surface area contributed by atoms with Crippen molar-refractivity contribution >= 4 is 0 Å². The summed E-state index contributed by atoms with van der Waals surface area (Å²) >= 11 is 0. The minimum absolute atomic E-state index is 0.365. The van der Waals surface area contributed by atoms with E-state index in [9.17, 15) is 0 Å². The number of furan rings is 1. The fraction of sp³-hybridized carbons (Fsp3) is 0.600. The van der Waals surface area contributed by atoms with Gasteiger partial charge in [-0.1, -0.05) is 13.3 Å². The molecule has 0 N–H and O–H groups in total. The molecular formula is C15H21N3O2. The molecule has 0 radical (unpaired) electrons. The molecule has 0 saturated carbocycles. The normalized spacial score (nSPS) is 18.8. The Morgan fingerprint density at radius 2 is 2.30 bits per heavy atom. The number of ether oxygens (including phenoxy) is 1. The highest BCUT2D eigenvalue weighted by Gasteiger charge is 2.25. The molecule has 108 valence electrons. The molecule has 5 heteroatoms. The van der Waals surface area contributed by atoms with E-state index < -0.39 is 0 Å². The third-order valence-corrected chi connectivity index (χ3v) is 3.68. The van der Waals surface area contributed by atoms with Crippen LogP contribution < -0.4 is 0 Å². The summed E-state index contributed by atoms with van der Waals surface area (Å²) in [5.41, 5.74) is 0. The molecule has 5 nitrogen and oxygen atoms in total. The summed E-state index contributed by atoms with van der Waals surface area (Å²) in [6, 6.07) is 3.88. The lowest BCUT2D eigenvalue weighted by Crippen LogP contribution is -2.10. The molecule has 1 aliphatic rings. The van der Waals surface area contributed by atoms with Crippen molar-refractivity contribution in [2.75, 3.05) is 13.2 Å². The monoisotopic (exact) mass is 275 g/mol. The zero-order valence-corrected chi connectivity index (χ0v) is 12.1. The van der Waals surface area contributed by atoms with Crippen molar-refractivity contribution in [3.05, 3.63) is 23.7 Å². The van der Waals surface area contributed by atoms with E-state index in [1.54, 1.807) is 0 Å². The van der Waals surface area contributed by atoms with Crippen LogP contribution in [0.5, 0.6) is 0 Å². The maximum Gasteiger partial charge on any atom is 0.217 e. The van der Waals surface area contributed by atoms with E-state index in [0.29, 0.717) is 11.7 Å². The zero-order chi connectivity index (χ0) is 13.9. The van der Waals surface area contributed by atoms with Gasteiger partial charge in [-0.3, -0.25) is 0 Å². The third-order valence-electron chi connectivity index (χ3n) is 3.68. The highest BCUT2D eigenvalue weighted by atomic mass is 16.5. The second-order valence-corrected chi connectivity index (χ2v) is 5.34. The van der Waals surface area contributed by atoms with E-state index in [2.05, 4.69) is 12.0 Å². The molecule has 3 heterocycles. The fourth-order valence-electron chi connectivity index (χ4n) is 2.53. The molecule has 1 aliphatic heterocycles. The van der Waals surface area contributed by atoms with Gasteiger partial charge in [-0.15, -0.1) is 5.10 Å². The summed E-state index contributed by atoms with van der Waals surface area (Å²) in [6.07, 6.45) is 3.29. The minimum atomic E-state index is 0.365. The molecule has 0 aliphatic carbocycles. The van der Waals surface area contributed by atoms with E-state index in [-0.39, 0.29) is 0 Å². The van der Waals surface area contributed by atoms with Crippen LogP contribution in [0, 0.1) is 6.92 Å². The van der Waals surface area contributed by atoms with Crippen LogP contribution in [0.3, 0.4) is 0 Å². The predicted molar refractivity (Wildman–Crippen MR) is 75.5 cm³/mol. The van der Waals surface area contributed by atoms with E-state index >= 15 is 0 Å². The summed E-state index contributed by atoms with van der Waals surface area (Å²) in [4.78, 5) is 4.71. The second-order valence-electron chi connectivity index (χ2n) is 5.34. The van der Waals surface area contributed by atoms with Gasteiger partial charge in [-0.2, -0.15) is 0 Å². The van der Waals surface area contributed by atoms with Crippen LogP contribution in [0.4, 0.5) is 0 Å². The molecule has 3 rings (SSSR count). The first kappa shape index (κ1) is 13.4. The number of hydrogen-bond acceptors (Lipinski definition) is 4. The smallest absolute Gasteiger partial charge is 0.217 e. The predicted octanol–water partition coefficient (Wildman–Crippen LogP) is 3.15. The number of nitrogens with zero attached hydrogens (tertiary/aromatic N) is 3. The molecule has 1 saturated heterocycles. The van der Waals surface area contributed by atoms with Gasteiger partial charge in [0.25, 0.3) is 0 Å². The zero-order valence-electron chi connectivity index (χ0n) is 12.1. The average Bonchev–Trinajstić information content (AvgIpc) is 3.15. The average molecular weight is 275 g/mol. The van der Waals surface area contributed by atoms with Gasteiger partial charge in [0.1, 0.15) is 11.6 Å². The maximum atomic E-state index is 5.64. The van der Waals surface area contributed by atoms with Gasteiger partial charge in [0.15, 0.2) is 5.76 Å². The van der Waals surface area contributed by atoms with Crippen molar-refractivity contribution < 1.29 is 9.15 Å². The standard InChI is InChI=1S/C15H21N3O2/c1-3-4-8-18-15(12-7-9-19-10-12)16-14(17-18)13-6-5-11(2)20-13/h5-6,12H,3-4,7-10H2,1-2H3. The Balaban J connectivity index is 1.91. The van der Waals surface area contributed by atoms with Crippen LogP contribution in [-0.4, -0.2) is 28.0 Å². The van der Waals surface area contributed by atoms with Crippen molar-refractivity contribution in [1.82, 2.24) is 14.8 Å². The molecule has 0 bridgehead atoms. The lowest BCUT2D eigenvalue weighted by Gasteiger charge is -2.08. The van der Waals surface area contributed by atoms with Crippen LogP contribution in [0.2, 0.25) is 0 Å². The van der Waals surface area contributed by atoms with E-state index in [1.165, 1.54) is 0 Å². The summed E-state index contributed by atoms with van der Waals surface area (Å²) in [6.45, 7) is 6.60. The molecule has 1 fully saturated rings. The van der Waals surface area contributed by atoms with Gasteiger partial charge in [0.2, 0.25) is 5.82 Å². The van der Waals surface area contributed by atoms with E-state index in [4.69, 9.17) is 14.1 Å².